The predicted molar refractivity (Wildman–Crippen MR) is 84.3 cm³/mol. The fourth-order valence-corrected chi connectivity index (χ4v) is 2.82. The smallest absolute Gasteiger partial charge is 0.255 e. The maximum Gasteiger partial charge on any atom is 0.255 e. The summed E-state index contributed by atoms with van der Waals surface area (Å²) in [6, 6.07) is 10.6. The first kappa shape index (κ1) is 15.5. The summed E-state index contributed by atoms with van der Waals surface area (Å²) in [6.45, 7) is 0. The number of halogens is 1. The standard InChI is InChI=1S/C13H12BrN3O3S/c14-11-7-10(21(16,19)20)4-5-12(11)17-13(18)8-2-1-3-9(15)6-8/h1-7H,15H2,(H,17,18)(H2,16,19,20). The fraction of sp³-hybridized carbons (Fsp3) is 0. The van der Waals surface area contributed by atoms with Crippen molar-refractivity contribution in [1.82, 2.24) is 0 Å². The molecule has 0 spiro atoms. The molecule has 0 bridgehead atoms. The minimum absolute atomic E-state index is 0.0451. The highest BCUT2D eigenvalue weighted by Gasteiger charge is 2.12. The summed E-state index contributed by atoms with van der Waals surface area (Å²) in [7, 11) is -3.79. The topological polar surface area (TPSA) is 115 Å². The maximum atomic E-state index is 12.1. The van der Waals surface area contributed by atoms with Crippen LogP contribution in [0, 0.1) is 0 Å². The summed E-state index contributed by atoms with van der Waals surface area (Å²) in [5.41, 5.74) is 6.92. The summed E-state index contributed by atoms with van der Waals surface area (Å²) in [5, 5.41) is 7.69. The van der Waals surface area contributed by atoms with Crippen molar-refractivity contribution in [2.45, 2.75) is 4.90 Å². The molecule has 0 atom stereocenters. The third kappa shape index (κ3) is 3.81. The van der Waals surface area contributed by atoms with Crippen LogP contribution in [0.3, 0.4) is 0 Å². The SMILES string of the molecule is Nc1cccc(C(=O)Nc2ccc(S(N)(=O)=O)cc2Br)c1. The molecular weight excluding hydrogens is 358 g/mol. The minimum Gasteiger partial charge on any atom is -0.399 e. The quantitative estimate of drug-likeness (QED) is 0.716. The molecule has 2 rings (SSSR count). The number of primary sulfonamides is 1. The van der Waals surface area contributed by atoms with Gasteiger partial charge in [0.15, 0.2) is 0 Å². The lowest BCUT2D eigenvalue weighted by Gasteiger charge is -2.09. The Morgan fingerprint density at radius 1 is 1.14 bits per heavy atom. The molecule has 21 heavy (non-hydrogen) atoms. The number of nitrogens with one attached hydrogen (secondary N) is 1. The molecule has 0 saturated carbocycles. The average molecular weight is 370 g/mol. The fourth-order valence-electron chi connectivity index (χ4n) is 1.65. The lowest BCUT2D eigenvalue weighted by atomic mass is 10.2. The van der Waals surface area contributed by atoms with E-state index >= 15 is 0 Å². The zero-order valence-electron chi connectivity index (χ0n) is 10.7. The largest absolute Gasteiger partial charge is 0.399 e. The molecular formula is C13H12BrN3O3S. The Morgan fingerprint density at radius 2 is 1.86 bits per heavy atom. The van der Waals surface area contributed by atoms with Crippen molar-refractivity contribution in [2.24, 2.45) is 5.14 Å². The van der Waals surface area contributed by atoms with Crippen LogP contribution in [0.1, 0.15) is 10.4 Å². The highest BCUT2D eigenvalue weighted by molar-refractivity contribution is 9.10. The Balaban J connectivity index is 2.26. The molecule has 0 radical (unpaired) electrons. The number of carbonyl (C=O) groups is 1. The van der Waals surface area contributed by atoms with Gasteiger partial charge in [0, 0.05) is 15.7 Å². The number of rotatable bonds is 3. The summed E-state index contributed by atoms with van der Waals surface area (Å²) in [5.74, 6) is -0.355. The van der Waals surface area contributed by atoms with Crippen LogP contribution in [0.4, 0.5) is 11.4 Å². The average Bonchev–Trinajstić information content (AvgIpc) is 2.39. The number of nitrogens with two attached hydrogens (primary N) is 2. The molecule has 0 heterocycles. The molecule has 0 aliphatic carbocycles. The van der Waals surface area contributed by atoms with E-state index in [0.29, 0.717) is 21.4 Å². The normalized spacial score (nSPS) is 11.1. The first-order valence-corrected chi connectivity index (χ1v) is 8.10. The molecule has 8 heteroatoms. The van der Waals surface area contributed by atoms with E-state index in [1.165, 1.54) is 18.2 Å². The second-order valence-electron chi connectivity index (χ2n) is 4.27. The monoisotopic (exact) mass is 369 g/mol. The van der Waals surface area contributed by atoms with Crippen LogP contribution in [0.5, 0.6) is 0 Å². The van der Waals surface area contributed by atoms with E-state index in [1.807, 2.05) is 0 Å². The Labute approximate surface area is 130 Å². The Hall–Kier alpha value is -1.90. The molecule has 1 amide bonds. The Bertz CT molecular complexity index is 806. The molecule has 6 nitrogen and oxygen atoms in total. The van der Waals surface area contributed by atoms with Crippen LogP contribution < -0.4 is 16.2 Å². The molecule has 110 valence electrons. The van der Waals surface area contributed by atoms with Crippen molar-refractivity contribution < 1.29 is 13.2 Å². The highest BCUT2D eigenvalue weighted by atomic mass is 79.9. The lowest BCUT2D eigenvalue weighted by Crippen LogP contribution is -2.14. The van der Waals surface area contributed by atoms with E-state index in [2.05, 4.69) is 21.2 Å². The Morgan fingerprint density at radius 3 is 2.43 bits per heavy atom. The highest BCUT2D eigenvalue weighted by Crippen LogP contribution is 2.25. The van der Waals surface area contributed by atoms with Gasteiger partial charge < -0.3 is 11.1 Å². The van der Waals surface area contributed by atoms with Gasteiger partial charge in [0.05, 0.1) is 10.6 Å². The molecule has 0 aliphatic rings. The van der Waals surface area contributed by atoms with Gasteiger partial charge in [-0.1, -0.05) is 6.07 Å². The molecule has 2 aromatic carbocycles. The van der Waals surface area contributed by atoms with Crippen molar-refractivity contribution in [2.75, 3.05) is 11.1 Å². The zero-order chi connectivity index (χ0) is 15.6. The lowest BCUT2D eigenvalue weighted by molar-refractivity contribution is 0.102. The molecule has 5 N–H and O–H groups in total. The number of hydrogen-bond donors (Lipinski definition) is 3. The van der Waals surface area contributed by atoms with E-state index < -0.39 is 10.0 Å². The summed E-state index contributed by atoms with van der Waals surface area (Å²) in [4.78, 5) is 12.0. The van der Waals surface area contributed by atoms with Gasteiger partial charge in [-0.25, -0.2) is 13.6 Å². The number of amides is 1. The van der Waals surface area contributed by atoms with Crippen LogP contribution in [-0.2, 0) is 10.0 Å². The summed E-state index contributed by atoms with van der Waals surface area (Å²) < 4.78 is 22.9. The molecule has 0 aliphatic heterocycles. The first-order chi connectivity index (χ1) is 9.77. The van der Waals surface area contributed by atoms with Crippen LogP contribution in [0.2, 0.25) is 0 Å². The van der Waals surface area contributed by atoms with Gasteiger partial charge in [0.25, 0.3) is 5.91 Å². The van der Waals surface area contributed by atoms with Crippen LogP contribution in [-0.4, -0.2) is 14.3 Å². The number of anilines is 2. The second-order valence-corrected chi connectivity index (χ2v) is 6.68. The van der Waals surface area contributed by atoms with Crippen LogP contribution in [0.15, 0.2) is 51.8 Å². The minimum atomic E-state index is -3.79. The van der Waals surface area contributed by atoms with Crippen molar-refractivity contribution in [3.05, 3.63) is 52.5 Å². The van der Waals surface area contributed by atoms with E-state index in [0.717, 1.165) is 0 Å². The van der Waals surface area contributed by atoms with Gasteiger partial charge in [-0.05, 0) is 52.3 Å². The van der Waals surface area contributed by atoms with Gasteiger partial charge in [-0.3, -0.25) is 4.79 Å². The predicted octanol–water partition coefficient (Wildman–Crippen LogP) is 1.93. The van der Waals surface area contributed by atoms with E-state index in [9.17, 15) is 13.2 Å². The zero-order valence-corrected chi connectivity index (χ0v) is 13.1. The number of hydrogen-bond acceptors (Lipinski definition) is 4. The number of nitrogen functional groups attached to an aromatic ring is 1. The molecule has 0 unspecified atom stereocenters. The van der Waals surface area contributed by atoms with Crippen LogP contribution in [0.25, 0.3) is 0 Å². The summed E-state index contributed by atoms with van der Waals surface area (Å²) in [6.07, 6.45) is 0. The molecule has 2 aromatic rings. The van der Waals surface area contributed by atoms with E-state index in [1.54, 1.807) is 24.3 Å². The summed E-state index contributed by atoms with van der Waals surface area (Å²) >= 11 is 3.20. The maximum absolute atomic E-state index is 12.1. The first-order valence-electron chi connectivity index (χ1n) is 5.76. The van der Waals surface area contributed by atoms with Gasteiger partial charge in [0.1, 0.15) is 0 Å². The van der Waals surface area contributed by atoms with Crippen molar-refractivity contribution in [1.29, 1.82) is 0 Å². The Kier molecular flexibility index (Phi) is 4.31. The molecule has 0 fully saturated rings. The van der Waals surface area contributed by atoms with Gasteiger partial charge in [0.2, 0.25) is 10.0 Å². The van der Waals surface area contributed by atoms with Gasteiger partial charge in [-0.2, -0.15) is 0 Å². The van der Waals surface area contributed by atoms with E-state index in [4.69, 9.17) is 10.9 Å². The number of carbonyl (C=O) groups excluding carboxylic acids is 1. The number of sulfonamides is 1. The second kappa shape index (κ2) is 5.84. The van der Waals surface area contributed by atoms with Crippen LogP contribution >= 0.6 is 15.9 Å². The third-order valence-corrected chi connectivity index (χ3v) is 4.23. The van der Waals surface area contributed by atoms with E-state index in [-0.39, 0.29) is 10.8 Å². The van der Waals surface area contributed by atoms with Gasteiger partial charge in [-0.15, -0.1) is 0 Å². The third-order valence-electron chi connectivity index (χ3n) is 2.67. The number of benzene rings is 2. The molecule has 0 saturated heterocycles. The van der Waals surface area contributed by atoms with Crippen molar-refractivity contribution in [3.8, 4) is 0 Å². The van der Waals surface area contributed by atoms with Crippen molar-refractivity contribution >= 4 is 43.2 Å². The van der Waals surface area contributed by atoms with Crippen molar-refractivity contribution in [3.63, 3.8) is 0 Å². The van der Waals surface area contributed by atoms with Gasteiger partial charge >= 0.3 is 0 Å². The molecule has 0 aromatic heterocycles.